The van der Waals surface area contributed by atoms with Gasteiger partial charge in [-0.2, -0.15) is 0 Å². The zero-order valence-corrected chi connectivity index (χ0v) is 12.9. The zero-order chi connectivity index (χ0) is 17.8. The average Bonchev–Trinajstić information content (AvgIpc) is 3.02. The minimum Gasteiger partial charge on any atom is -0.478 e. The van der Waals surface area contributed by atoms with Gasteiger partial charge >= 0.3 is 17.9 Å². The molecule has 1 aliphatic heterocycles. The summed E-state index contributed by atoms with van der Waals surface area (Å²) in [5.74, 6) is -2.48. The van der Waals surface area contributed by atoms with Crippen LogP contribution in [0.1, 0.15) is 26.3 Å². The lowest BCUT2D eigenvalue weighted by atomic mass is 10.1. The van der Waals surface area contributed by atoms with Gasteiger partial charge in [-0.15, -0.1) is 0 Å². The second-order valence-electron chi connectivity index (χ2n) is 5.23. The maximum absolute atomic E-state index is 11.2. The van der Waals surface area contributed by atoms with Crippen molar-refractivity contribution in [2.75, 3.05) is 0 Å². The van der Waals surface area contributed by atoms with Crippen molar-refractivity contribution in [1.29, 1.82) is 0 Å². The van der Waals surface area contributed by atoms with E-state index in [-0.39, 0.29) is 22.8 Å². The predicted octanol–water partition coefficient (Wildman–Crippen LogP) is 2.88. The van der Waals surface area contributed by atoms with E-state index in [0.29, 0.717) is 6.42 Å². The fraction of sp³-hybridized carbons (Fsp3) is 0.111. The Morgan fingerprint density at radius 3 is 2.40 bits per heavy atom. The van der Waals surface area contributed by atoms with Crippen LogP contribution in [0, 0.1) is 0 Å². The van der Waals surface area contributed by atoms with Gasteiger partial charge in [0, 0.05) is 6.42 Å². The Morgan fingerprint density at radius 2 is 1.72 bits per heavy atom. The van der Waals surface area contributed by atoms with Crippen LogP contribution in [0.25, 0.3) is 0 Å². The highest BCUT2D eigenvalue weighted by Gasteiger charge is 2.23. The minimum atomic E-state index is -1.36. The molecule has 1 atom stereocenters. The molecule has 1 heterocycles. The molecule has 7 heteroatoms. The molecule has 3 rings (SSSR count). The van der Waals surface area contributed by atoms with Crippen molar-refractivity contribution in [3.8, 4) is 5.75 Å². The first kappa shape index (κ1) is 16.4. The predicted molar refractivity (Wildman–Crippen MR) is 85.2 cm³/mol. The van der Waals surface area contributed by atoms with Gasteiger partial charge in [0.2, 0.25) is 6.29 Å². The molecule has 2 aromatic carbocycles. The maximum atomic E-state index is 11.2. The van der Waals surface area contributed by atoms with Gasteiger partial charge in [0.05, 0.1) is 11.1 Å². The molecule has 0 aromatic heterocycles. The molecule has 25 heavy (non-hydrogen) atoms. The minimum absolute atomic E-state index is 0.0698. The third kappa shape index (κ3) is 3.89. The molecule has 2 N–H and O–H groups in total. The summed E-state index contributed by atoms with van der Waals surface area (Å²) in [4.78, 5) is 22.2. The van der Waals surface area contributed by atoms with E-state index in [1.54, 1.807) is 0 Å². The van der Waals surface area contributed by atoms with Crippen LogP contribution in [0.4, 0.5) is 0 Å². The Hall–Kier alpha value is -3.48. The smallest absolute Gasteiger partial charge is 0.336 e. The second kappa shape index (κ2) is 6.96. The highest BCUT2D eigenvalue weighted by atomic mass is 16.8. The molecule has 0 fully saturated rings. The molecule has 0 bridgehead atoms. The molecule has 0 amide bonds. The first-order valence-corrected chi connectivity index (χ1v) is 7.37. The van der Waals surface area contributed by atoms with Gasteiger partial charge in [-0.3, -0.25) is 0 Å². The number of aromatic carboxylic acids is 2. The van der Waals surface area contributed by atoms with Crippen LogP contribution in [-0.4, -0.2) is 28.4 Å². The van der Waals surface area contributed by atoms with Crippen LogP contribution in [0.2, 0.25) is 0 Å². The molecular weight excluding hydrogens is 328 g/mol. The Morgan fingerprint density at radius 1 is 1.00 bits per heavy atom. The molecule has 0 radical (unpaired) electrons. The topological polar surface area (TPSA) is 102 Å². The van der Waals surface area contributed by atoms with Gasteiger partial charge in [-0.1, -0.05) is 30.3 Å². The summed E-state index contributed by atoms with van der Waals surface area (Å²) >= 11 is 0. The van der Waals surface area contributed by atoms with Crippen LogP contribution in [0.15, 0.2) is 60.7 Å². The molecule has 1 unspecified atom stereocenters. The van der Waals surface area contributed by atoms with Crippen LogP contribution >= 0.6 is 0 Å². The highest BCUT2D eigenvalue weighted by molar-refractivity contribution is 6.02. The lowest BCUT2D eigenvalue weighted by molar-refractivity contribution is -0.0520. The number of carboxylic acids is 2. The Bertz CT molecular complexity index is 827. The van der Waals surface area contributed by atoms with E-state index in [4.69, 9.17) is 24.4 Å². The molecule has 7 nitrogen and oxygen atoms in total. The van der Waals surface area contributed by atoms with Gasteiger partial charge in [-0.25, -0.2) is 9.59 Å². The largest absolute Gasteiger partial charge is 0.478 e. The second-order valence-corrected chi connectivity index (χ2v) is 5.23. The van der Waals surface area contributed by atoms with Crippen molar-refractivity contribution in [3.05, 3.63) is 77.4 Å². The lowest BCUT2D eigenvalue weighted by Gasteiger charge is -2.12. The van der Waals surface area contributed by atoms with Crippen LogP contribution < -0.4 is 4.74 Å². The number of carbonyl (C=O) groups is 2. The van der Waals surface area contributed by atoms with E-state index < -0.39 is 18.2 Å². The quantitative estimate of drug-likeness (QED) is 0.832. The van der Waals surface area contributed by atoms with Gasteiger partial charge < -0.3 is 24.4 Å². The molecule has 1 aliphatic rings. The fourth-order valence-corrected chi connectivity index (χ4v) is 2.33. The summed E-state index contributed by atoms with van der Waals surface area (Å²) in [6, 6.07) is 13.3. The molecular formula is C18H14O7. The highest BCUT2D eigenvalue weighted by Crippen LogP contribution is 2.24. The van der Waals surface area contributed by atoms with E-state index in [0.717, 1.165) is 11.6 Å². The maximum Gasteiger partial charge on any atom is 0.336 e. The molecule has 2 aromatic rings. The summed E-state index contributed by atoms with van der Waals surface area (Å²) in [5.41, 5.74) is 0.339. The number of ether oxygens (including phenoxy) is 3. The zero-order valence-electron chi connectivity index (χ0n) is 12.9. The molecule has 0 saturated carbocycles. The molecule has 128 valence electrons. The van der Waals surface area contributed by atoms with Gasteiger partial charge in [0.25, 0.3) is 0 Å². The summed E-state index contributed by atoms with van der Waals surface area (Å²) in [6.45, 7) is 0. The van der Waals surface area contributed by atoms with Crippen LogP contribution in [0.3, 0.4) is 0 Å². The first-order valence-electron chi connectivity index (χ1n) is 7.37. The molecule has 0 saturated heterocycles. The van der Waals surface area contributed by atoms with Crippen molar-refractivity contribution in [3.63, 3.8) is 0 Å². The van der Waals surface area contributed by atoms with Crippen LogP contribution in [-0.2, 0) is 15.9 Å². The summed E-state index contributed by atoms with van der Waals surface area (Å²) < 4.78 is 16.3. The summed E-state index contributed by atoms with van der Waals surface area (Å²) in [6.07, 6.45) is 1.26. The van der Waals surface area contributed by atoms with Crippen molar-refractivity contribution in [2.24, 2.45) is 0 Å². The Labute approximate surface area is 142 Å². The number of hydrogen-bond donors (Lipinski definition) is 2. The van der Waals surface area contributed by atoms with E-state index in [9.17, 15) is 9.59 Å². The van der Waals surface area contributed by atoms with Crippen molar-refractivity contribution >= 4 is 11.9 Å². The van der Waals surface area contributed by atoms with Gasteiger partial charge in [0.1, 0.15) is 5.75 Å². The Balaban J connectivity index is 1.66. The molecule has 0 spiro atoms. The van der Waals surface area contributed by atoms with E-state index in [2.05, 4.69) is 0 Å². The average molecular weight is 342 g/mol. The normalized spacial score (nSPS) is 15.7. The third-order valence-electron chi connectivity index (χ3n) is 3.48. The lowest BCUT2D eigenvalue weighted by Crippen LogP contribution is -2.13. The fourth-order valence-electron chi connectivity index (χ4n) is 2.33. The van der Waals surface area contributed by atoms with Crippen molar-refractivity contribution in [2.45, 2.75) is 12.7 Å². The SMILES string of the molecule is O=C(O)c1ccc(OC2=COC(Cc3ccccc3)O2)cc1C(=O)O. The van der Waals surface area contributed by atoms with Gasteiger partial charge in [0.15, 0.2) is 6.26 Å². The third-order valence-corrected chi connectivity index (χ3v) is 3.48. The number of hydrogen-bond acceptors (Lipinski definition) is 5. The van der Waals surface area contributed by atoms with E-state index >= 15 is 0 Å². The number of carboxylic acid groups (broad SMARTS) is 2. The Kier molecular flexibility index (Phi) is 4.56. The standard InChI is InChI=1S/C18H14O7/c19-17(20)13-7-6-12(9-14(13)18(21)22)24-16-10-23-15(25-16)8-11-4-2-1-3-5-11/h1-7,9-10,15H,8H2,(H,19,20)(H,21,22). The van der Waals surface area contributed by atoms with Crippen LogP contribution in [0.5, 0.6) is 5.75 Å². The number of rotatable bonds is 6. The first-order chi connectivity index (χ1) is 12.0. The van der Waals surface area contributed by atoms with E-state index in [1.165, 1.54) is 18.4 Å². The van der Waals surface area contributed by atoms with Crippen molar-refractivity contribution < 1.29 is 34.0 Å². The summed E-state index contributed by atoms with van der Waals surface area (Å²) in [7, 11) is 0. The van der Waals surface area contributed by atoms with Crippen molar-refractivity contribution in [1.82, 2.24) is 0 Å². The monoisotopic (exact) mass is 342 g/mol. The number of benzene rings is 2. The van der Waals surface area contributed by atoms with E-state index in [1.807, 2.05) is 30.3 Å². The van der Waals surface area contributed by atoms with Gasteiger partial charge in [-0.05, 0) is 23.8 Å². The summed E-state index contributed by atoms with van der Waals surface area (Å²) in [5, 5.41) is 18.1. The molecule has 0 aliphatic carbocycles.